The Labute approximate surface area is 138 Å². The van der Waals surface area contributed by atoms with Crippen molar-refractivity contribution in [1.29, 1.82) is 0 Å². The molecule has 8 nitrogen and oxygen atoms in total. The average Bonchev–Trinajstić information content (AvgIpc) is 3.04. The molecule has 128 valence electrons. The second kappa shape index (κ2) is 6.95. The molecule has 1 amide bonds. The van der Waals surface area contributed by atoms with Crippen LogP contribution in [-0.4, -0.2) is 68.8 Å². The predicted molar refractivity (Wildman–Crippen MR) is 84.6 cm³/mol. The molecular formula is C13H19N3O5S2. The van der Waals surface area contributed by atoms with Crippen molar-refractivity contribution in [2.24, 2.45) is 5.73 Å². The minimum atomic E-state index is -3.68. The Morgan fingerprint density at radius 2 is 1.91 bits per heavy atom. The van der Waals surface area contributed by atoms with Gasteiger partial charge < -0.3 is 15.4 Å². The van der Waals surface area contributed by atoms with Crippen molar-refractivity contribution < 1.29 is 22.7 Å². The standard InChI is InChI=1S/C13H19N3O5S2/c1-9(14)12(17)15-3-5-16(6-4-15)23(19,20)11-7-10(8-22-11)13(18)21-2/h7-9H,3-6,14H2,1-2H3/t9-/m1/s1. The number of hydrogen-bond acceptors (Lipinski definition) is 7. The molecule has 1 saturated heterocycles. The third-order valence-electron chi connectivity index (χ3n) is 3.53. The Hall–Kier alpha value is -1.49. The van der Waals surface area contributed by atoms with Crippen molar-refractivity contribution in [3.05, 3.63) is 17.0 Å². The van der Waals surface area contributed by atoms with Crippen molar-refractivity contribution in [3.8, 4) is 0 Å². The lowest BCUT2D eigenvalue weighted by Crippen LogP contribution is -2.53. The van der Waals surface area contributed by atoms with E-state index >= 15 is 0 Å². The molecule has 10 heteroatoms. The number of carbonyl (C=O) groups is 2. The van der Waals surface area contributed by atoms with Gasteiger partial charge in [0.05, 0.1) is 18.7 Å². The van der Waals surface area contributed by atoms with E-state index in [1.165, 1.54) is 22.9 Å². The summed E-state index contributed by atoms with van der Waals surface area (Å²) in [5, 5.41) is 1.45. The van der Waals surface area contributed by atoms with Gasteiger partial charge in [0.1, 0.15) is 4.21 Å². The second-order valence-electron chi connectivity index (χ2n) is 5.16. The van der Waals surface area contributed by atoms with E-state index in [2.05, 4.69) is 4.74 Å². The van der Waals surface area contributed by atoms with Crippen molar-refractivity contribution in [3.63, 3.8) is 0 Å². The number of ether oxygens (including phenoxy) is 1. The van der Waals surface area contributed by atoms with Gasteiger partial charge in [-0.2, -0.15) is 4.31 Å². The van der Waals surface area contributed by atoms with Crippen molar-refractivity contribution in [2.75, 3.05) is 33.3 Å². The van der Waals surface area contributed by atoms with Gasteiger partial charge >= 0.3 is 5.97 Å². The van der Waals surface area contributed by atoms with Crippen LogP contribution in [0.25, 0.3) is 0 Å². The van der Waals surface area contributed by atoms with Crippen LogP contribution >= 0.6 is 11.3 Å². The van der Waals surface area contributed by atoms with E-state index in [9.17, 15) is 18.0 Å². The number of amides is 1. The number of nitrogens with zero attached hydrogens (tertiary/aromatic N) is 2. The Kier molecular flexibility index (Phi) is 5.40. The number of sulfonamides is 1. The van der Waals surface area contributed by atoms with Crippen LogP contribution in [0.3, 0.4) is 0 Å². The molecule has 1 aromatic rings. The van der Waals surface area contributed by atoms with Crippen LogP contribution in [0.2, 0.25) is 0 Å². The number of hydrogen-bond donors (Lipinski definition) is 1. The summed E-state index contributed by atoms with van der Waals surface area (Å²) < 4.78 is 31.1. The Balaban J connectivity index is 2.09. The van der Waals surface area contributed by atoms with Gasteiger partial charge in [0.15, 0.2) is 0 Å². The first-order chi connectivity index (χ1) is 10.8. The molecule has 0 radical (unpaired) electrons. The van der Waals surface area contributed by atoms with E-state index in [0.717, 1.165) is 11.3 Å². The fourth-order valence-corrected chi connectivity index (χ4v) is 4.96. The molecule has 1 aromatic heterocycles. The highest BCUT2D eigenvalue weighted by atomic mass is 32.2. The van der Waals surface area contributed by atoms with Crippen molar-refractivity contribution in [2.45, 2.75) is 17.2 Å². The maximum atomic E-state index is 12.6. The van der Waals surface area contributed by atoms with Crippen LogP contribution in [0.15, 0.2) is 15.7 Å². The largest absolute Gasteiger partial charge is 0.465 e. The first kappa shape index (κ1) is 17.9. The van der Waals surface area contributed by atoms with Gasteiger partial charge in [0, 0.05) is 31.6 Å². The van der Waals surface area contributed by atoms with Gasteiger partial charge in [-0.1, -0.05) is 0 Å². The molecule has 0 bridgehead atoms. The monoisotopic (exact) mass is 361 g/mol. The molecule has 23 heavy (non-hydrogen) atoms. The lowest BCUT2D eigenvalue weighted by molar-refractivity contribution is -0.133. The van der Waals surface area contributed by atoms with Crippen molar-refractivity contribution in [1.82, 2.24) is 9.21 Å². The zero-order chi connectivity index (χ0) is 17.2. The Morgan fingerprint density at radius 1 is 1.30 bits per heavy atom. The van der Waals surface area contributed by atoms with Crippen LogP contribution in [0.5, 0.6) is 0 Å². The summed E-state index contributed by atoms with van der Waals surface area (Å²) in [6.07, 6.45) is 0. The number of thiophene rings is 1. The second-order valence-corrected chi connectivity index (χ2v) is 8.24. The lowest BCUT2D eigenvalue weighted by atomic mass is 10.2. The summed E-state index contributed by atoms with van der Waals surface area (Å²) in [6.45, 7) is 2.60. The quantitative estimate of drug-likeness (QED) is 0.738. The van der Waals surface area contributed by atoms with Crippen LogP contribution in [0.1, 0.15) is 17.3 Å². The SMILES string of the molecule is COC(=O)c1csc(S(=O)(=O)N2CCN(C(=O)[C@@H](C)N)CC2)c1. The summed E-state index contributed by atoms with van der Waals surface area (Å²) in [7, 11) is -2.44. The summed E-state index contributed by atoms with van der Waals surface area (Å²) in [5.41, 5.74) is 5.77. The molecule has 1 atom stereocenters. The minimum Gasteiger partial charge on any atom is -0.465 e. The molecule has 0 aliphatic carbocycles. The summed E-state index contributed by atoms with van der Waals surface area (Å²) >= 11 is 0.975. The van der Waals surface area contributed by atoms with E-state index in [4.69, 9.17) is 5.73 Å². The minimum absolute atomic E-state index is 0.0878. The number of carbonyl (C=O) groups excluding carboxylic acids is 2. The average molecular weight is 361 g/mol. The predicted octanol–water partition coefficient (Wildman–Crippen LogP) is -0.285. The van der Waals surface area contributed by atoms with Gasteiger partial charge in [0.25, 0.3) is 10.0 Å². The summed E-state index contributed by atoms with van der Waals surface area (Å²) in [6, 6.07) is 0.712. The van der Waals surface area contributed by atoms with Gasteiger partial charge in [-0.05, 0) is 13.0 Å². The third kappa shape index (κ3) is 3.71. The van der Waals surface area contributed by atoms with E-state index in [0.29, 0.717) is 13.1 Å². The summed E-state index contributed by atoms with van der Waals surface area (Å²) in [5.74, 6) is -0.763. The molecular weight excluding hydrogens is 342 g/mol. The normalized spacial score (nSPS) is 17.8. The highest BCUT2D eigenvalue weighted by Crippen LogP contribution is 2.25. The molecule has 2 rings (SSSR count). The van der Waals surface area contributed by atoms with Crippen LogP contribution in [0.4, 0.5) is 0 Å². The highest BCUT2D eigenvalue weighted by Gasteiger charge is 2.32. The van der Waals surface area contributed by atoms with E-state index < -0.39 is 22.0 Å². The molecule has 1 aliphatic rings. The molecule has 2 heterocycles. The van der Waals surface area contributed by atoms with E-state index in [1.807, 2.05) is 0 Å². The maximum absolute atomic E-state index is 12.6. The fourth-order valence-electron chi connectivity index (χ4n) is 2.24. The van der Waals surface area contributed by atoms with E-state index in [1.54, 1.807) is 11.8 Å². The zero-order valence-corrected chi connectivity index (χ0v) is 14.5. The van der Waals surface area contributed by atoms with Crippen LogP contribution in [0, 0.1) is 0 Å². The third-order valence-corrected chi connectivity index (χ3v) is 6.84. The van der Waals surface area contributed by atoms with Crippen LogP contribution < -0.4 is 5.73 Å². The highest BCUT2D eigenvalue weighted by molar-refractivity contribution is 7.91. The number of rotatable bonds is 4. The Morgan fingerprint density at radius 3 is 2.43 bits per heavy atom. The van der Waals surface area contributed by atoms with Gasteiger partial charge in [-0.25, -0.2) is 13.2 Å². The molecule has 0 aromatic carbocycles. The zero-order valence-electron chi connectivity index (χ0n) is 12.9. The first-order valence-corrected chi connectivity index (χ1v) is 9.30. The molecule has 1 fully saturated rings. The Bertz CT molecular complexity index is 690. The maximum Gasteiger partial charge on any atom is 0.338 e. The van der Waals surface area contributed by atoms with Crippen molar-refractivity contribution >= 4 is 33.2 Å². The molecule has 1 aliphatic heterocycles. The topological polar surface area (TPSA) is 110 Å². The number of nitrogens with two attached hydrogens (primary N) is 1. The van der Waals surface area contributed by atoms with E-state index in [-0.39, 0.29) is 28.8 Å². The smallest absolute Gasteiger partial charge is 0.338 e. The number of methoxy groups -OCH3 is 1. The van der Waals surface area contributed by atoms with Gasteiger partial charge in [0.2, 0.25) is 5.91 Å². The summed E-state index contributed by atoms with van der Waals surface area (Å²) in [4.78, 5) is 24.8. The molecule has 0 unspecified atom stereocenters. The molecule has 0 saturated carbocycles. The number of esters is 1. The van der Waals surface area contributed by atoms with Crippen LogP contribution in [-0.2, 0) is 19.6 Å². The first-order valence-electron chi connectivity index (χ1n) is 6.98. The molecule has 0 spiro atoms. The number of piperazine rings is 1. The molecule has 2 N–H and O–H groups in total. The van der Waals surface area contributed by atoms with Gasteiger partial charge in [-0.15, -0.1) is 11.3 Å². The fraction of sp³-hybridized carbons (Fsp3) is 0.538. The van der Waals surface area contributed by atoms with Gasteiger partial charge in [-0.3, -0.25) is 4.79 Å². The lowest BCUT2D eigenvalue weighted by Gasteiger charge is -2.34.